The summed E-state index contributed by atoms with van der Waals surface area (Å²) in [5.74, 6) is 0.647. The predicted octanol–water partition coefficient (Wildman–Crippen LogP) is 3.82. The fourth-order valence-electron chi connectivity index (χ4n) is 2.73. The number of esters is 1. The van der Waals surface area contributed by atoms with Gasteiger partial charge in [-0.25, -0.2) is 0 Å². The summed E-state index contributed by atoms with van der Waals surface area (Å²) in [5, 5.41) is 29.5. The van der Waals surface area contributed by atoms with Crippen LogP contribution in [0.3, 0.4) is 0 Å². The zero-order chi connectivity index (χ0) is 22.5. The molecule has 4 aromatic rings. The highest BCUT2D eigenvalue weighted by molar-refractivity contribution is 7.99. The third kappa shape index (κ3) is 4.84. The van der Waals surface area contributed by atoms with Crippen molar-refractivity contribution in [3.63, 3.8) is 0 Å². The Morgan fingerprint density at radius 1 is 1.22 bits per heavy atom. The van der Waals surface area contributed by atoms with Gasteiger partial charge < -0.3 is 13.7 Å². The van der Waals surface area contributed by atoms with Crippen molar-refractivity contribution in [1.29, 1.82) is 0 Å². The number of nitro benzene ring substituents is 1. The molecular weight excluding hydrogens is 456 g/mol. The molecule has 164 valence electrons. The summed E-state index contributed by atoms with van der Waals surface area (Å²) < 4.78 is 12.6. The van der Waals surface area contributed by atoms with E-state index in [4.69, 9.17) is 9.15 Å². The van der Waals surface area contributed by atoms with Crippen molar-refractivity contribution >= 4 is 34.8 Å². The van der Waals surface area contributed by atoms with E-state index in [-0.39, 0.29) is 29.8 Å². The number of hydrogen-bond acceptors (Lipinski definition) is 11. The second-order valence-corrected chi connectivity index (χ2v) is 8.17. The number of nitro groups is 1. The van der Waals surface area contributed by atoms with Crippen LogP contribution < -0.4 is 0 Å². The SMILES string of the molecule is CCn1c(SCC(=O)OCc2nnc(-c3ccc([N+](=O)[O-])cc3)o2)nnc1-c1cccs1. The lowest BCUT2D eigenvalue weighted by molar-refractivity contribution is -0.384. The first-order valence-electron chi connectivity index (χ1n) is 9.38. The van der Waals surface area contributed by atoms with E-state index in [1.54, 1.807) is 11.3 Å². The van der Waals surface area contributed by atoms with Gasteiger partial charge in [0.2, 0.25) is 5.89 Å². The predicted molar refractivity (Wildman–Crippen MR) is 116 cm³/mol. The lowest BCUT2D eigenvalue weighted by Crippen LogP contribution is -2.09. The van der Waals surface area contributed by atoms with Crippen LogP contribution in [0, 0.1) is 10.1 Å². The van der Waals surface area contributed by atoms with E-state index in [2.05, 4.69) is 20.4 Å². The van der Waals surface area contributed by atoms with Crippen LogP contribution in [0.25, 0.3) is 22.2 Å². The first-order valence-corrected chi connectivity index (χ1v) is 11.2. The molecule has 1 aromatic carbocycles. The van der Waals surface area contributed by atoms with E-state index >= 15 is 0 Å². The summed E-state index contributed by atoms with van der Waals surface area (Å²) in [4.78, 5) is 23.4. The molecule has 11 nitrogen and oxygen atoms in total. The smallest absolute Gasteiger partial charge is 0.316 e. The third-order valence-electron chi connectivity index (χ3n) is 4.24. The van der Waals surface area contributed by atoms with Crippen LogP contribution in [0.5, 0.6) is 0 Å². The van der Waals surface area contributed by atoms with Crippen LogP contribution in [-0.2, 0) is 22.7 Å². The Morgan fingerprint density at radius 2 is 2.03 bits per heavy atom. The van der Waals surface area contributed by atoms with E-state index in [9.17, 15) is 14.9 Å². The molecule has 0 unspecified atom stereocenters. The topological polar surface area (TPSA) is 139 Å². The van der Waals surface area contributed by atoms with Gasteiger partial charge in [-0.1, -0.05) is 17.8 Å². The summed E-state index contributed by atoms with van der Waals surface area (Å²) in [6, 6.07) is 9.62. The Bertz CT molecular complexity index is 1220. The van der Waals surface area contributed by atoms with Gasteiger partial charge in [0, 0.05) is 24.2 Å². The molecule has 0 atom stereocenters. The zero-order valence-corrected chi connectivity index (χ0v) is 18.3. The van der Waals surface area contributed by atoms with E-state index in [0.29, 0.717) is 17.3 Å². The quantitative estimate of drug-likeness (QED) is 0.153. The largest absolute Gasteiger partial charge is 0.455 e. The van der Waals surface area contributed by atoms with E-state index < -0.39 is 10.9 Å². The maximum absolute atomic E-state index is 12.2. The summed E-state index contributed by atoms with van der Waals surface area (Å²) in [6.07, 6.45) is 0. The van der Waals surface area contributed by atoms with E-state index in [1.165, 1.54) is 36.0 Å². The fraction of sp³-hybridized carbons (Fsp3) is 0.211. The molecule has 3 aromatic heterocycles. The Morgan fingerprint density at radius 3 is 2.72 bits per heavy atom. The Kier molecular flexibility index (Phi) is 6.56. The number of aromatic nitrogens is 5. The molecule has 0 aliphatic rings. The van der Waals surface area contributed by atoms with Crippen LogP contribution in [0.2, 0.25) is 0 Å². The molecule has 0 aliphatic heterocycles. The standard InChI is InChI=1S/C19H16N6O5S2/c1-2-24-17(14-4-3-9-31-14)21-23-19(24)32-11-16(26)29-10-15-20-22-18(30-15)12-5-7-13(8-6-12)25(27)28/h3-9H,2,10-11H2,1H3. The van der Waals surface area contributed by atoms with Crippen molar-refractivity contribution in [2.75, 3.05) is 5.75 Å². The molecule has 0 saturated heterocycles. The summed E-state index contributed by atoms with van der Waals surface area (Å²) in [5.41, 5.74) is 0.484. The summed E-state index contributed by atoms with van der Waals surface area (Å²) in [7, 11) is 0. The second-order valence-electron chi connectivity index (χ2n) is 6.28. The lowest BCUT2D eigenvalue weighted by Gasteiger charge is -2.06. The number of hydrogen-bond donors (Lipinski definition) is 0. The van der Waals surface area contributed by atoms with Gasteiger partial charge in [-0.15, -0.1) is 31.7 Å². The molecule has 0 N–H and O–H groups in total. The monoisotopic (exact) mass is 472 g/mol. The molecule has 0 bridgehead atoms. The van der Waals surface area contributed by atoms with Gasteiger partial charge in [-0.2, -0.15) is 0 Å². The molecule has 3 heterocycles. The molecule has 0 aliphatic carbocycles. The van der Waals surface area contributed by atoms with Crippen molar-refractivity contribution in [2.45, 2.75) is 25.2 Å². The average molecular weight is 473 g/mol. The number of carbonyl (C=O) groups is 1. The molecule has 32 heavy (non-hydrogen) atoms. The highest BCUT2D eigenvalue weighted by Gasteiger charge is 2.17. The van der Waals surface area contributed by atoms with Gasteiger partial charge in [-0.05, 0) is 30.5 Å². The molecule has 0 radical (unpaired) electrons. The molecular formula is C19H16N6O5S2. The average Bonchev–Trinajstić information content (AvgIpc) is 3.56. The van der Waals surface area contributed by atoms with Gasteiger partial charge in [0.05, 0.1) is 15.6 Å². The summed E-state index contributed by atoms with van der Waals surface area (Å²) in [6.45, 7) is 2.48. The van der Waals surface area contributed by atoms with Gasteiger partial charge in [0.1, 0.15) is 0 Å². The van der Waals surface area contributed by atoms with Crippen LogP contribution >= 0.6 is 23.1 Å². The normalized spacial score (nSPS) is 10.9. The zero-order valence-electron chi connectivity index (χ0n) is 16.7. The number of non-ortho nitro benzene ring substituents is 1. The van der Waals surface area contributed by atoms with Gasteiger partial charge in [-0.3, -0.25) is 14.9 Å². The number of ether oxygens (including phenoxy) is 1. The number of thioether (sulfide) groups is 1. The van der Waals surface area contributed by atoms with Crippen LogP contribution in [0.1, 0.15) is 12.8 Å². The second kappa shape index (κ2) is 9.70. The number of thiophene rings is 1. The number of carbonyl (C=O) groups excluding carboxylic acids is 1. The Hall–Kier alpha value is -3.58. The molecule has 13 heteroatoms. The van der Waals surface area contributed by atoms with Crippen molar-refractivity contribution < 1.29 is 18.9 Å². The maximum Gasteiger partial charge on any atom is 0.316 e. The number of benzene rings is 1. The minimum Gasteiger partial charge on any atom is -0.455 e. The minimum atomic E-state index is -0.494. The summed E-state index contributed by atoms with van der Waals surface area (Å²) >= 11 is 2.81. The fourth-order valence-corrected chi connectivity index (χ4v) is 4.25. The van der Waals surface area contributed by atoms with Gasteiger partial charge >= 0.3 is 5.97 Å². The van der Waals surface area contributed by atoms with Crippen molar-refractivity contribution in [3.8, 4) is 22.2 Å². The first-order chi connectivity index (χ1) is 15.5. The number of rotatable bonds is 9. The molecule has 0 spiro atoms. The van der Waals surface area contributed by atoms with E-state index in [0.717, 1.165) is 10.7 Å². The Labute approximate surface area is 189 Å². The molecule has 0 saturated carbocycles. The highest BCUT2D eigenvalue weighted by atomic mass is 32.2. The van der Waals surface area contributed by atoms with Crippen molar-refractivity contribution in [3.05, 3.63) is 57.8 Å². The van der Waals surface area contributed by atoms with Crippen LogP contribution in [0.4, 0.5) is 5.69 Å². The Balaban J connectivity index is 1.31. The molecule has 4 rings (SSSR count). The van der Waals surface area contributed by atoms with Crippen molar-refractivity contribution in [1.82, 2.24) is 25.0 Å². The van der Waals surface area contributed by atoms with Gasteiger partial charge in [0.15, 0.2) is 17.6 Å². The number of nitrogens with zero attached hydrogens (tertiary/aromatic N) is 6. The van der Waals surface area contributed by atoms with E-state index in [1.807, 2.05) is 29.0 Å². The van der Waals surface area contributed by atoms with Gasteiger partial charge in [0.25, 0.3) is 11.6 Å². The third-order valence-corrected chi connectivity index (χ3v) is 6.05. The molecule has 0 amide bonds. The highest BCUT2D eigenvalue weighted by Crippen LogP contribution is 2.27. The van der Waals surface area contributed by atoms with Crippen LogP contribution in [-0.4, -0.2) is 41.6 Å². The van der Waals surface area contributed by atoms with Crippen LogP contribution in [0.15, 0.2) is 51.4 Å². The minimum absolute atomic E-state index is 0.0404. The maximum atomic E-state index is 12.2. The van der Waals surface area contributed by atoms with Crippen molar-refractivity contribution in [2.24, 2.45) is 0 Å². The lowest BCUT2D eigenvalue weighted by atomic mass is 10.2. The first kappa shape index (κ1) is 21.6. The molecule has 0 fully saturated rings.